The highest BCUT2D eigenvalue weighted by Crippen LogP contribution is 2.49. The van der Waals surface area contributed by atoms with Crippen molar-refractivity contribution >= 4 is 27.7 Å². The van der Waals surface area contributed by atoms with Crippen LogP contribution < -0.4 is 10.6 Å². The zero-order valence-corrected chi connectivity index (χ0v) is 19.7. The molecule has 29 heavy (non-hydrogen) atoms. The first-order valence-electron chi connectivity index (χ1n) is 11.2. The third-order valence-corrected chi connectivity index (χ3v) is 7.24. The molecule has 2 aliphatic heterocycles. The van der Waals surface area contributed by atoms with Crippen LogP contribution in [-0.4, -0.2) is 54.2 Å². The quantitative estimate of drug-likeness (QED) is 0.371. The Morgan fingerprint density at radius 1 is 0.966 bits per heavy atom. The molecule has 0 spiro atoms. The Kier molecular flexibility index (Phi) is 9.89. The average Bonchev–Trinajstić information content (AvgIpc) is 3.53. The molecule has 168 valence electrons. The van der Waals surface area contributed by atoms with E-state index in [0.717, 1.165) is 45.4 Å². The zero-order chi connectivity index (χ0) is 21.3. The Labute approximate surface area is 184 Å². The van der Waals surface area contributed by atoms with Crippen LogP contribution in [0.4, 0.5) is 0 Å². The summed E-state index contributed by atoms with van der Waals surface area (Å²) in [6.45, 7) is 7.34. The lowest BCUT2D eigenvalue weighted by Gasteiger charge is -2.10. The summed E-state index contributed by atoms with van der Waals surface area (Å²) in [6, 6.07) is 0. The highest BCUT2D eigenvalue weighted by molar-refractivity contribution is 9.10. The van der Waals surface area contributed by atoms with Crippen LogP contribution >= 0.6 is 15.9 Å². The van der Waals surface area contributed by atoms with E-state index in [1.807, 2.05) is 0 Å². The van der Waals surface area contributed by atoms with Crippen LogP contribution in [0.15, 0.2) is 0 Å². The van der Waals surface area contributed by atoms with Gasteiger partial charge in [0.2, 0.25) is 11.8 Å². The average molecular weight is 475 g/mol. The fraction of sp³-hybridized carbons (Fsp3) is 0.909. The molecule has 4 fully saturated rings. The number of hydrogen-bond acceptors (Lipinski definition) is 4. The molecule has 2 heterocycles. The summed E-state index contributed by atoms with van der Waals surface area (Å²) in [4.78, 5) is 21.6. The highest BCUT2D eigenvalue weighted by atomic mass is 79.9. The van der Waals surface area contributed by atoms with Gasteiger partial charge in [-0.05, 0) is 75.0 Å². The van der Waals surface area contributed by atoms with Crippen LogP contribution in [0.2, 0.25) is 0 Å². The first-order valence-corrected chi connectivity index (χ1v) is 12.1. The molecule has 4 rings (SSSR count). The van der Waals surface area contributed by atoms with Gasteiger partial charge < -0.3 is 20.5 Å². The van der Waals surface area contributed by atoms with E-state index in [0.29, 0.717) is 17.4 Å². The first-order chi connectivity index (χ1) is 13.8. The molecule has 0 radical (unpaired) electrons. The molecule has 6 nitrogen and oxygen atoms in total. The van der Waals surface area contributed by atoms with Crippen LogP contribution in [-0.2, 0) is 14.3 Å². The van der Waals surface area contributed by atoms with E-state index < -0.39 is 0 Å². The Hall–Kier alpha value is -0.660. The minimum absolute atomic E-state index is 0.0719. The summed E-state index contributed by atoms with van der Waals surface area (Å²) >= 11 is 3.19. The summed E-state index contributed by atoms with van der Waals surface area (Å²) in [5, 5.41) is 13.9. The lowest BCUT2D eigenvalue weighted by molar-refractivity contribution is -0.129. The fourth-order valence-electron chi connectivity index (χ4n) is 3.45. The molecule has 2 unspecified atom stereocenters. The van der Waals surface area contributed by atoms with E-state index in [2.05, 4.69) is 40.4 Å². The van der Waals surface area contributed by atoms with Gasteiger partial charge in [0.1, 0.15) is 6.10 Å². The van der Waals surface area contributed by atoms with Crippen LogP contribution in [0.3, 0.4) is 0 Å². The van der Waals surface area contributed by atoms with Crippen molar-refractivity contribution in [1.29, 1.82) is 0 Å². The number of rotatable bonds is 8. The topological polar surface area (TPSA) is 87.7 Å². The molecule has 0 aromatic rings. The number of carbonyl (C=O) groups excluding carboxylic acids is 2. The molecule has 2 aliphatic carbocycles. The van der Waals surface area contributed by atoms with Crippen molar-refractivity contribution in [1.82, 2.24) is 10.6 Å². The van der Waals surface area contributed by atoms with Crippen LogP contribution in [0.25, 0.3) is 0 Å². The molecule has 2 saturated heterocycles. The van der Waals surface area contributed by atoms with E-state index in [9.17, 15) is 9.59 Å². The minimum atomic E-state index is -0.165. The largest absolute Gasteiger partial charge is 0.396 e. The summed E-state index contributed by atoms with van der Waals surface area (Å²) < 4.78 is 5.53. The van der Waals surface area contributed by atoms with Crippen molar-refractivity contribution < 1.29 is 19.4 Å². The second kappa shape index (κ2) is 11.7. The second-order valence-electron chi connectivity index (χ2n) is 9.54. The van der Waals surface area contributed by atoms with E-state index in [-0.39, 0.29) is 22.7 Å². The van der Waals surface area contributed by atoms with Gasteiger partial charge in [-0.15, -0.1) is 0 Å². The van der Waals surface area contributed by atoms with Gasteiger partial charge in [-0.25, -0.2) is 0 Å². The van der Waals surface area contributed by atoms with Gasteiger partial charge in [-0.2, -0.15) is 0 Å². The van der Waals surface area contributed by atoms with Crippen molar-refractivity contribution in [3.05, 3.63) is 0 Å². The maximum atomic E-state index is 11.1. The highest BCUT2D eigenvalue weighted by Gasteiger charge is 2.36. The van der Waals surface area contributed by atoms with Gasteiger partial charge in [-0.1, -0.05) is 29.8 Å². The number of aliphatic hydroxyl groups excluding tert-OH is 1. The predicted molar refractivity (Wildman–Crippen MR) is 118 cm³/mol. The molecular weight excluding hydrogens is 436 g/mol. The van der Waals surface area contributed by atoms with E-state index in [1.54, 1.807) is 0 Å². The third-order valence-electron chi connectivity index (χ3n) is 6.37. The third kappa shape index (κ3) is 9.79. The Balaban J connectivity index is 0.000000170. The lowest BCUT2D eigenvalue weighted by Crippen LogP contribution is -2.25. The summed E-state index contributed by atoms with van der Waals surface area (Å²) in [5.74, 6) is 0.197. The number of halogens is 1. The maximum absolute atomic E-state index is 11.1. The van der Waals surface area contributed by atoms with Crippen molar-refractivity contribution in [2.45, 2.75) is 89.0 Å². The molecule has 7 heteroatoms. The number of aliphatic hydroxyl groups is 1. The molecule has 2 amide bonds. The maximum Gasteiger partial charge on any atom is 0.249 e. The molecular formula is C22H39BrN2O4. The van der Waals surface area contributed by atoms with Crippen LogP contribution in [0.1, 0.15) is 78.1 Å². The summed E-state index contributed by atoms with van der Waals surface area (Å²) in [6.07, 6.45) is 11.7. The number of amides is 2. The van der Waals surface area contributed by atoms with Crippen molar-refractivity contribution in [3.63, 3.8) is 0 Å². The first kappa shape index (κ1) is 24.6. The standard InChI is InChI=1S/C11H19NO2.C7H14O.C4H6BrNO/c1-11(5-6-11)4-2-8-14-9-3-7-12-10(9)13;1-7(4-5-7)3-2-6-8;5-3-1-2-6-4(3)7/h9H,2-8H2,1H3,(H,12,13);8H,2-6H2,1H3;3H,1-2H2,(H,6,7). The van der Waals surface area contributed by atoms with Gasteiger partial charge in [-0.3, -0.25) is 9.59 Å². The van der Waals surface area contributed by atoms with Crippen LogP contribution in [0.5, 0.6) is 0 Å². The van der Waals surface area contributed by atoms with Gasteiger partial charge in [0.15, 0.2) is 0 Å². The molecule has 0 aromatic carbocycles. The van der Waals surface area contributed by atoms with Crippen LogP contribution in [0, 0.1) is 10.8 Å². The zero-order valence-electron chi connectivity index (χ0n) is 18.1. The number of alkyl halides is 1. The molecule has 4 aliphatic rings. The predicted octanol–water partition coefficient (Wildman–Crippen LogP) is 3.30. The Bertz CT molecular complexity index is 535. The van der Waals surface area contributed by atoms with E-state index in [1.165, 1.54) is 38.5 Å². The Morgan fingerprint density at radius 3 is 1.90 bits per heavy atom. The summed E-state index contributed by atoms with van der Waals surface area (Å²) in [7, 11) is 0. The minimum Gasteiger partial charge on any atom is -0.396 e. The number of ether oxygens (including phenoxy) is 1. The number of hydrogen-bond donors (Lipinski definition) is 3. The van der Waals surface area contributed by atoms with Crippen molar-refractivity contribution in [2.24, 2.45) is 10.8 Å². The van der Waals surface area contributed by atoms with Crippen molar-refractivity contribution in [2.75, 3.05) is 26.3 Å². The summed E-state index contributed by atoms with van der Waals surface area (Å²) in [5.41, 5.74) is 1.25. The second-order valence-corrected chi connectivity index (χ2v) is 10.6. The molecule has 2 atom stereocenters. The monoisotopic (exact) mass is 474 g/mol. The fourth-order valence-corrected chi connectivity index (χ4v) is 3.84. The van der Waals surface area contributed by atoms with E-state index >= 15 is 0 Å². The lowest BCUT2D eigenvalue weighted by atomic mass is 10.0. The van der Waals surface area contributed by atoms with Crippen molar-refractivity contribution in [3.8, 4) is 0 Å². The van der Waals surface area contributed by atoms with Gasteiger partial charge in [0.05, 0.1) is 4.83 Å². The molecule has 3 N–H and O–H groups in total. The number of nitrogens with one attached hydrogen (secondary N) is 2. The molecule has 0 aromatic heterocycles. The van der Waals surface area contributed by atoms with Gasteiger partial charge in [0, 0.05) is 26.3 Å². The van der Waals surface area contributed by atoms with Gasteiger partial charge >= 0.3 is 0 Å². The molecule has 2 saturated carbocycles. The molecule has 0 bridgehead atoms. The SMILES string of the molecule is CC1(CCCO)CC1.CC1(CCCOC2CCNC2=O)CC1.O=C1NCCC1Br. The normalized spacial score (nSPS) is 27.7. The number of carbonyl (C=O) groups is 2. The smallest absolute Gasteiger partial charge is 0.249 e. The van der Waals surface area contributed by atoms with E-state index in [4.69, 9.17) is 9.84 Å². The van der Waals surface area contributed by atoms with Gasteiger partial charge in [0.25, 0.3) is 0 Å². The Morgan fingerprint density at radius 2 is 1.52 bits per heavy atom.